The molecule has 0 bridgehead atoms. The number of hydrogen-bond acceptors (Lipinski definition) is 7. The summed E-state index contributed by atoms with van der Waals surface area (Å²) >= 11 is 1.39. The van der Waals surface area contributed by atoms with E-state index in [1.807, 2.05) is 30.3 Å². The van der Waals surface area contributed by atoms with Crippen LogP contribution in [-0.4, -0.2) is 48.8 Å². The minimum absolute atomic E-state index is 0.0623. The number of carbonyl (C=O) groups excluding carboxylic acids is 1. The van der Waals surface area contributed by atoms with Crippen LogP contribution < -0.4 is 9.64 Å². The third kappa shape index (κ3) is 4.64. The lowest BCUT2D eigenvalue weighted by Crippen LogP contribution is -2.31. The fourth-order valence-electron chi connectivity index (χ4n) is 3.82. The number of para-hydroxylation sites is 1. The first-order valence-corrected chi connectivity index (χ1v) is 13.4. The van der Waals surface area contributed by atoms with E-state index in [4.69, 9.17) is 9.72 Å². The number of hydrogen-bond donors (Lipinski definition) is 0. The van der Waals surface area contributed by atoms with Crippen molar-refractivity contribution >= 4 is 42.6 Å². The number of methoxy groups -OCH3 is 1. The lowest BCUT2D eigenvalue weighted by Gasteiger charge is -2.20. The molecule has 180 valence electrons. The molecule has 5 rings (SSSR count). The highest BCUT2D eigenvalue weighted by molar-refractivity contribution is 7.89. The number of rotatable bonds is 8. The van der Waals surface area contributed by atoms with E-state index >= 15 is 0 Å². The molecular formula is C25H24N4O4S2. The van der Waals surface area contributed by atoms with Crippen LogP contribution in [0.3, 0.4) is 0 Å². The van der Waals surface area contributed by atoms with Gasteiger partial charge in [0.15, 0.2) is 5.13 Å². The summed E-state index contributed by atoms with van der Waals surface area (Å²) in [6.07, 6.45) is 5.14. The zero-order chi connectivity index (χ0) is 24.6. The number of sulfonamides is 1. The van der Waals surface area contributed by atoms with Gasteiger partial charge in [-0.2, -0.15) is 4.31 Å². The Labute approximate surface area is 207 Å². The molecule has 1 aliphatic rings. The molecule has 2 aromatic heterocycles. The topological polar surface area (TPSA) is 92.7 Å². The number of fused-ring (bicyclic) bond motifs is 1. The molecule has 0 spiro atoms. The van der Waals surface area contributed by atoms with Crippen molar-refractivity contribution in [1.29, 1.82) is 0 Å². The zero-order valence-corrected chi connectivity index (χ0v) is 20.9. The number of aromatic nitrogens is 2. The van der Waals surface area contributed by atoms with Crippen LogP contribution in [0.4, 0.5) is 5.13 Å². The van der Waals surface area contributed by atoms with Crippen LogP contribution in [0.15, 0.2) is 71.9 Å². The second-order valence-corrected chi connectivity index (χ2v) is 11.3. The number of ether oxygens (including phenoxy) is 1. The second-order valence-electron chi connectivity index (χ2n) is 8.33. The standard InChI is InChI=1S/C25H24N4O4S2/c1-28(19-10-11-19)35(31,32)20-12-8-18(9-13-20)24(30)29(16-17-5-4-14-26-15-17)25-27-23-21(33-2)6-3-7-22(23)34-25/h3-9,12-15,19H,10-11,16H2,1-2H3. The Morgan fingerprint density at radius 3 is 2.54 bits per heavy atom. The summed E-state index contributed by atoms with van der Waals surface area (Å²) in [5, 5.41) is 0.517. The molecule has 1 fully saturated rings. The molecule has 1 amide bonds. The molecular weight excluding hydrogens is 484 g/mol. The first-order chi connectivity index (χ1) is 16.9. The Balaban J connectivity index is 1.50. The number of pyridine rings is 1. The van der Waals surface area contributed by atoms with Gasteiger partial charge in [0.05, 0.1) is 23.2 Å². The first-order valence-electron chi connectivity index (χ1n) is 11.1. The van der Waals surface area contributed by atoms with E-state index in [0.29, 0.717) is 22.0 Å². The molecule has 0 N–H and O–H groups in total. The molecule has 0 saturated heterocycles. The van der Waals surface area contributed by atoms with Crippen molar-refractivity contribution in [3.05, 3.63) is 78.1 Å². The monoisotopic (exact) mass is 508 g/mol. The number of amides is 1. The van der Waals surface area contributed by atoms with Crippen molar-refractivity contribution < 1.29 is 17.9 Å². The van der Waals surface area contributed by atoms with E-state index < -0.39 is 10.0 Å². The highest BCUT2D eigenvalue weighted by atomic mass is 32.2. The summed E-state index contributed by atoms with van der Waals surface area (Å²) in [6, 6.07) is 15.5. The fraction of sp³-hybridized carbons (Fsp3) is 0.240. The van der Waals surface area contributed by atoms with Gasteiger partial charge in [-0.05, 0) is 60.9 Å². The van der Waals surface area contributed by atoms with Gasteiger partial charge < -0.3 is 4.74 Å². The Hall–Kier alpha value is -3.34. The summed E-state index contributed by atoms with van der Waals surface area (Å²) in [4.78, 5) is 24.3. The van der Waals surface area contributed by atoms with Crippen molar-refractivity contribution in [2.45, 2.75) is 30.3 Å². The highest BCUT2D eigenvalue weighted by Gasteiger charge is 2.35. The Morgan fingerprint density at radius 2 is 1.89 bits per heavy atom. The minimum atomic E-state index is -3.59. The Kier molecular flexibility index (Phi) is 6.26. The van der Waals surface area contributed by atoms with Gasteiger partial charge in [-0.25, -0.2) is 13.4 Å². The van der Waals surface area contributed by atoms with Crippen molar-refractivity contribution in [2.24, 2.45) is 0 Å². The molecule has 1 saturated carbocycles. The summed E-state index contributed by atoms with van der Waals surface area (Å²) in [5.74, 6) is 0.347. The van der Waals surface area contributed by atoms with Crippen LogP contribution in [0.25, 0.3) is 10.2 Å². The molecule has 0 aliphatic heterocycles. The predicted molar refractivity (Wildman–Crippen MR) is 135 cm³/mol. The Bertz CT molecular complexity index is 1470. The molecule has 35 heavy (non-hydrogen) atoms. The molecule has 2 aromatic carbocycles. The Morgan fingerprint density at radius 1 is 1.11 bits per heavy atom. The van der Waals surface area contributed by atoms with E-state index in [-0.39, 0.29) is 23.4 Å². The maximum atomic E-state index is 13.7. The number of nitrogens with zero attached hydrogens (tertiary/aromatic N) is 4. The summed E-state index contributed by atoms with van der Waals surface area (Å²) in [6.45, 7) is 0.263. The van der Waals surface area contributed by atoms with Crippen LogP contribution in [-0.2, 0) is 16.6 Å². The molecule has 0 atom stereocenters. The van der Waals surface area contributed by atoms with Gasteiger partial charge in [0, 0.05) is 31.0 Å². The average molecular weight is 509 g/mol. The van der Waals surface area contributed by atoms with E-state index in [1.54, 1.807) is 43.6 Å². The molecule has 0 radical (unpaired) electrons. The zero-order valence-electron chi connectivity index (χ0n) is 19.3. The number of anilines is 1. The summed E-state index contributed by atoms with van der Waals surface area (Å²) in [5.41, 5.74) is 1.90. The van der Waals surface area contributed by atoms with Crippen LogP contribution in [0.1, 0.15) is 28.8 Å². The number of thiazole rings is 1. The van der Waals surface area contributed by atoms with Gasteiger partial charge in [-0.15, -0.1) is 0 Å². The highest BCUT2D eigenvalue weighted by Crippen LogP contribution is 2.35. The number of carbonyl (C=O) groups is 1. The smallest absolute Gasteiger partial charge is 0.260 e. The lowest BCUT2D eigenvalue weighted by molar-refractivity contribution is 0.0985. The quantitative estimate of drug-likeness (QED) is 0.352. The minimum Gasteiger partial charge on any atom is -0.494 e. The van der Waals surface area contributed by atoms with E-state index in [2.05, 4.69) is 4.98 Å². The van der Waals surface area contributed by atoms with Gasteiger partial charge >= 0.3 is 0 Å². The van der Waals surface area contributed by atoms with E-state index in [9.17, 15) is 13.2 Å². The van der Waals surface area contributed by atoms with Crippen LogP contribution >= 0.6 is 11.3 Å². The van der Waals surface area contributed by atoms with Crippen LogP contribution in [0.2, 0.25) is 0 Å². The molecule has 2 heterocycles. The van der Waals surface area contributed by atoms with Gasteiger partial charge in [0.25, 0.3) is 5.91 Å². The number of benzene rings is 2. The molecule has 1 aliphatic carbocycles. The predicted octanol–water partition coefficient (Wildman–Crippen LogP) is 4.33. The molecule has 0 unspecified atom stereocenters. The maximum absolute atomic E-state index is 13.7. The van der Waals surface area contributed by atoms with Gasteiger partial charge in [-0.1, -0.05) is 23.5 Å². The van der Waals surface area contributed by atoms with Gasteiger partial charge in [0.2, 0.25) is 10.0 Å². The molecule has 10 heteroatoms. The van der Waals surface area contributed by atoms with E-state index in [0.717, 1.165) is 23.1 Å². The second kappa shape index (κ2) is 9.37. The molecule has 8 nitrogen and oxygen atoms in total. The van der Waals surface area contributed by atoms with Crippen molar-refractivity contribution in [3.63, 3.8) is 0 Å². The van der Waals surface area contributed by atoms with Crippen LogP contribution in [0.5, 0.6) is 5.75 Å². The largest absolute Gasteiger partial charge is 0.494 e. The SMILES string of the molecule is COc1cccc2sc(N(Cc3cccnc3)C(=O)c3ccc(S(=O)(=O)N(C)C4CC4)cc3)nc12. The van der Waals surface area contributed by atoms with Gasteiger partial charge in [0.1, 0.15) is 11.3 Å². The first kappa shape index (κ1) is 23.4. The van der Waals surface area contributed by atoms with E-state index in [1.165, 1.54) is 27.8 Å². The van der Waals surface area contributed by atoms with Gasteiger partial charge in [-0.3, -0.25) is 14.7 Å². The summed E-state index contributed by atoms with van der Waals surface area (Å²) in [7, 11) is -0.402. The van der Waals surface area contributed by atoms with Crippen molar-refractivity contribution in [1.82, 2.24) is 14.3 Å². The molecule has 4 aromatic rings. The summed E-state index contributed by atoms with van der Waals surface area (Å²) < 4.78 is 33.5. The lowest BCUT2D eigenvalue weighted by atomic mass is 10.2. The average Bonchev–Trinajstić information content (AvgIpc) is 3.64. The third-order valence-corrected chi connectivity index (χ3v) is 8.94. The fourth-order valence-corrected chi connectivity index (χ4v) is 6.21. The van der Waals surface area contributed by atoms with Crippen molar-refractivity contribution in [3.8, 4) is 5.75 Å². The normalized spacial score (nSPS) is 13.8. The van der Waals surface area contributed by atoms with Crippen LogP contribution in [0, 0.1) is 0 Å². The van der Waals surface area contributed by atoms with Crippen molar-refractivity contribution in [2.75, 3.05) is 19.1 Å². The maximum Gasteiger partial charge on any atom is 0.260 e. The third-order valence-electron chi connectivity index (χ3n) is 5.97.